The number of hydrogen-bond acceptors (Lipinski definition) is 16. The summed E-state index contributed by atoms with van der Waals surface area (Å²) in [6.45, 7) is 14.3. The first-order valence-corrected chi connectivity index (χ1v) is 38.1. The number of carboxylic acid groups (broad SMARTS) is 6. The van der Waals surface area contributed by atoms with Gasteiger partial charge in [0.1, 0.15) is 7.57 Å². The number of hydrogen-bond donors (Lipinski definition) is 6. The molecule has 1 heterocycles. The van der Waals surface area contributed by atoms with Crippen molar-refractivity contribution in [1.82, 2.24) is 4.90 Å². The second-order valence-electron chi connectivity index (χ2n) is 19.1. The summed E-state index contributed by atoms with van der Waals surface area (Å²) in [5.41, 5.74) is -4.53. The van der Waals surface area contributed by atoms with Crippen molar-refractivity contribution in [2.45, 2.75) is 129 Å². The van der Waals surface area contributed by atoms with E-state index < -0.39 is 161 Å². The van der Waals surface area contributed by atoms with E-state index in [1.54, 1.807) is 63.0 Å². The summed E-state index contributed by atoms with van der Waals surface area (Å²) < 4.78 is 49.7. The van der Waals surface area contributed by atoms with Gasteiger partial charge in [0, 0.05) is 82.5 Å². The average Bonchev–Trinajstić information content (AvgIpc) is 3.55. The summed E-state index contributed by atoms with van der Waals surface area (Å²) in [6, 6.07) is 0.276. The summed E-state index contributed by atoms with van der Waals surface area (Å²) in [4.78, 5) is 111. The lowest BCUT2D eigenvalue weighted by atomic mass is 9.74. The van der Waals surface area contributed by atoms with Crippen LogP contribution in [-0.2, 0) is 73.5 Å². The first-order valence-electron chi connectivity index (χ1n) is 25.2. The minimum atomic E-state index is -4.92. The zero-order valence-corrected chi connectivity index (χ0v) is 55.3. The van der Waals surface area contributed by atoms with Crippen molar-refractivity contribution >= 4 is 145 Å². The molecule has 0 aromatic rings. The highest BCUT2D eigenvalue weighted by Gasteiger charge is 2.67. The van der Waals surface area contributed by atoms with Crippen LogP contribution in [0.15, 0.2) is 0 Å². The van der Waals surface area contributed by atoms with E-state index in [-0.39, 0.29) is 66.7 Å². The van der Waals surface area contributed by atoms with E-state index in [9.17, 15) is 69.0 Å². The third-order valence-electron chi connectivity index (χ3n) is 14.8. The molecule has 436 valence electrons. The van der Waals surface area contributed by atoms with Crippen LogP contribution in [0.4, 0.5) is 0 Å². The van der Waals surface area contributed by atoms with Crippen molar-refractivity contribution in [2.75, 3.05) is 54.3 Å². The maximum absolute atomic E-state index is 14.5. The second-order valence-corrected chi connectivity index (χ2v) is 38.4. The van der Waals surface area contributed by atoms with Gasteiger partial charge < -0.3 is 65.7 Å². The van der Waals surface area contributed by atoms with Crippen LogP contribution in [0.1, 0.15) is 101 Å². The Morgan fingerprint density at radius 2 is 1.12 bits per heavy atom. The Morgan fingerprint density at radius 1 is 0.711 bits per heavy atom. The van der Waals surface area contributed by atoms with Gasteiger partial charge in [0.25, 0.3) is 0 Å². The molecule has 1 saturated heterocycles. The molecule has 0 aromatic heterocycles. The second kappa shape index (κ2) is 32.4. The fraction of sp³-hybridized carbons (Fsp3) is 0.818. The Morgan fingerprint density at radius 3 is 1.42 bits per heavy atom. The normalized spacial score (nSPS) is 20.9. The highest BCUT2D eigenvalue weighted by Crippen LogP contribution is 2.62. The zero-order chi connectivity index (χ0) is 58.9. The molecule has 1 rings (SSSR count). The number of halogens is 2. The zero-order valence-electron chi connectivity index (χ0n) is 46.1. The predicted molar refractivity (Wildman–Crippen MR) is 310 cm³/mol. The number of carboxylic acids is 6. The van der Waals surface area contributed by atoms with Crippen LogP contribution >= 0.6 is 58.3 Å². The van der Waals surface area contributed by atoms with Crippen molar-refractivity contribution in [1.29, 1.82) is 0 Å². The highest BCUT2D eigenvalue weighted by atomic mass is 127. The van der Waals surface area contributed by atoms with E-state index in [0.717, 1.165) is 4.90 Å². The molecule has 0 radical (unpaired) electrons. The standard InChI is InChI=1S/C44H81B2I2NO22P2Si3/c1-14-29(31(40(58)59)27(38(54)55)23-43(9,72-46-47)33-25(7)35(50)49(36(33)51)21-20-22-74(64-11,65-12)66-13)75(67-16-3,68-17-4)71-76(69-18-5,70-19-6)30(15-2)32(41(60)61)28(39(56)57)24-44(10,73(45)48)34(42(62)63)26(8)37(52)53/h25-34,46,72H,14-24,45H2,1-13H3,(H,52,53)(H,54,55)(H,56,57)(H,58,59)(H,60,61)(H,62,63). The molecule has 1 aliphatic rings. The topological polar surface area (TPSA) is 335 Å². The number of carbonyl (C=O) groups is 8. The maximum Gasteiger partial charge on any atom is 0.500 e. The Balaban J connectivity index is 4.38. The number of nitrogens with zero attached hydrogens (tertiary/aromatic N) is 1. The van der Waals surface area contributed by atoms with Crippen molar-refractivity contribution in [3.8, 4) is 0 Å². The maximum atomic E-state index is 14.5. The molecule has 14 atom stereocenters. The van der Waals surface area contributed by atoms with E-state index in [0.29, 0.717) is 4.86 Å². The van der Waals surface area contributed by atoms with Crippen LogP contribution in [0.3, 0.4) is 0 Å². The van der Waals surface area contributed by atoms with Crippen LogP contribution in [0.25, 0.3) is 0 Å². The summed E-state index contributed by atoms with van der Waals surface area (Å²) in [7, 11) is -7.09. The van der Waals surface area contributed by atoms with Gasteiger partial charge in [-0.1, -0.05) is 69.0 Å². The molecule has 32 heteroatoms. The van der Waals surface area contributed by atoms with E-state index in [1.165, 1.54) is 35.2 Å². The fourth-order valence-corrected chi connectivity index (χ4v) is 28.4. The molecule has 1 fully saturated rings. The third kappa shape index (κ3) is 16.9. The number of likely N-dealkylation sites (tertiary alicyclic amines) is 1. The van der Waals surface area contributed by atoms with Crippen molar-refractivity contribution in [2.24, 2.45) is 47.3 Å². The molecule has 2 amide bonds. The van der Waals surface area contributed by atoms with E-state index in [4.69, 9.17) is 35.1 Å². The number of carbonyl (C=O) groups excluding carboxylic acids is 2. The predicted octanol–water partition coefficient (Wildman–Crippen LogP) is 5.76. The first-order chi connectivity index (χ1) is 35.4. The Kier molecular flexibility index (Phi) is 31.0. The summed E-state index contributed by atoms with van der Waals surface area (Å²) >= 11 is 4.04. The van der Waals surface area contributed by atoms with Crippen LogP contribution in [0.5, 0.6) is 0 Å². The van der Waals surface area contributed by atoms with Crippen LogP contribution in [0, 0.1) is 47.3 Å². The van der Waals surface area contributed by atoms with Gasteiger partial charge in [-0.15, -0.1) is 30.8 Å². The Bertz CT molecular complexity index is 1970. The molecule has 0 saturated carbocycles. The molecule has 6 N–H and O–H groups in total. The molecule has 14 unspecified atom stereocenters. The first kappa shape index (κ1) is 72.8. The summed E-state index contributed by atoms with van der Waals surface area (Å²) in [5.74, 6) is -23.2. The molecule has 23 nitrogen and oxygen atoms in total. The molecule has 0 aliphatic carbocycles. The summed E-state index contributed by atoms with van der Waals surface area (Å²) in [5, 5.41) is 62.7. The largest absolute Gasteiger partial charge is 0.500 e. The molecule has 0 aromatic carbocycles. The van der Waals surface area contributed by atoms with E-state index in [2.05, 4.69) is 22.4 Å². The lowest BCUT2D eigenvalue weighted by Crippen LogP contribution is -2.66. The Hall–Kier alpha value is -1.26. The van der Waals surface area contributed by atoms with Crippen molar-refractivity contribution in [3.05, 3.63) is 0 Å². The van der Waals surface area contributed by atoms with Gasteiger partial charge in [-0.05, 0) is 65.0 Å². The van der Waals surface area contributed by atoms with E-state index in [1.807, 2.05) is 22.0 Å². The third-order valence-corrected chi connectivity index (χ3v) is 33.8. The van der Waals surface area contributed by atoms with Gasteiger partial charge in [0.15, 0.2) is 0 Å². The number of amides is 2. The molecular formula is C44H81B2I2NO22P2Si3. The smallest absolute Gasteiger partial charge is 0.481 e. The highest BCUT2D eigenvalue weighted by molar-refractivity contribution is 14.2. The fourth-order valence-electron chi connectivity index (χ4n) is 11.1. The number of imide groups is 1. The monoisotopic (exact) mass is 1400 g/mol. The molecule has 0 bridgehead atoms. The number of rotatable bonds is 41. The SMILES string of the molecule is BP(I)C(C)(CC(C(=O)O)C(C(=O)O)C(CC)[Si](OCC)(OCC)O[Si](OCC)(OCC)C(CC)C(C(=O)O)C(CC(C)(PBI)C1C(=O)N(CCC[Si](OC)(OC)OC)C(=O)C1C)C(=O)O)C(C(=O)O)C(C)C(=O)O. The van der Waals surface area contributed by atoms with Gasteiger partial charge in [-0.25, -0.2) is 0 Å². The van der Waals surface area contributed by atoms with Gasteiger partial charge in [0.05, 0.1) is 41.4 Å². The van der Waals surface area contributed by atoms with Crippen LogP contribution < -0.4 is 0 Å². The average molecular weight is 1400 g/mol. The quantitative estimate of drug-likeness (QED) is 0.0183. The molecule has 1 aliphatic heterocycles. The number of aliphatic carboxylic acids is 6. The van der Waals surface area contributed by atoms with Gasteiger partial charge >= 0.3 is 62.2 Å². The van der Waals surface area contributed by atoms with Crippen molar-refractivity contribution in [3.63, 3.8) is 0 Å². The van der Waals surface area contributed by atoms with Crippen molar-refractivity contribution < 1.29 is 104 Å². The van der Waals surface area contributed by atoms with Gasteiger partial charge in [-0.3, -0.25) is 43.3 Å². The van der Waals surface area contributed by atoms with Gasteiger partial charge in [0.2, 0.25) is 16.7 Å². The molecule has 76 heavy (non-hydrogen) atoms. The van der Waals surface area contributed by atoms with Crippen LogP contribution in [-0.4, -0.2) is 187 Å². The lowest BCUT2D eigenvalue weighted by molar-refractivity contribution is -0.158. The lowest BCUT2D eigenvalue weighted by Gasteiger charge is -2.48. The minimum Gasteiger partial charge on any atom is -0.481 e. The summed E-state index contributed by atoms with van der Waals surface area (Å²) in [6.07, 6.45) is -1.16. The molecular weight excluding hydrogens is 1320 g/mol. The van der Waals surface area contributed by atoms with E-state index >= 15 is 0 Å². The van der Waals surface area contributed by atoms with Gasteiger partial charge in [-0.2, -0.15) is 0 Å². The van der Waals surface area contributed by atoms with Crippen LogP contribution in [0.2, 0.25) is 17.1 Å². The molecule has 0 spiro atoms. The minimum absolute atomic E-state index is 0.0107. The Labute approximate surface area is 480 Å².